The van der Waals surface area contributed by atoms with E-state index in [2.05, 4.69) is 41.9 Å². The van der Waals surface area contributed by atoms with Gasteiger partial charge in [0, 0.05) is 24.7 Å². The quantitative estimate of drug-likeness (QED) is 0.796. The Kier molecular flexibility index (Phi) is 5.34. The molecule has 2 heterocycles. The van der Waals surface area contributed by atoms with Gasteiger partial charge >= 0.3 is 7.60 Å². The number of pyridine rings is 1. The third kappa shape index (κ3) is 4.07. The first-order valence-corrected chi connectivity index (χ1v) is 10.7. The molecule has 0 bridgehead atoms. The van der Waals surface area contributed by atoms with Crippen LogP contribution in [0.25, 0.3) is 10.9 Å². The summed E-state index contributed by atoms with van der Waals surface area (Å²) in [5.74, 6) is 0.321. The fraction of sp³-hybridized carbons (Fsp3) is 0.474. The van der Waals surface area contributed by atoms with Crippen LogP contribution in [0.2, 0.25) is 0 Å². The van der Waals surface area contributed by atoms with E-state index in [0.29, 0.717) is 17.9 Å². The molecule has 0 aliphatic carbocycles. The van der Waals surface area contributed by atoms with Crippen molar-refractivity contribution >= 4 is 24.2 Å². The van der Waals surface area contributed by atoms with Gasteiger partial charge in [0.1, 0.15) is 6.07 Å². The number of benzene rings is 1. The van der Waals surface area contributed by atoms with Crippen molar-refractivity contribution in [1.29, 1.82) is 5.26 Å². The summed E-state index contributed by atoms with van der Waals surface area (Å²) in [5, 5.41) is 10.6. The molecule has 0 atom stereocenters. The first-order chi connectivity index (χ1) is 12.3. The molecule has 0 saturated carbocycles. The number of aromatic nitrogens is 1. The van der Waals surface area contributed by atoms with E-state index in [1.54, 1.807) is 6.20 Å². The van der Waals surface area contributed by atoms with E-state index in [4.69, 9.17) is 9.79 Å². The van der Waals surface area contributed by atoms with Gasteiger partial charge in [-0.25, -0.2) is 0 Å². The van der Waals surface area contributed by atoms with Crippen LogP contribution in [-0.2, 0) is 4.57 Å². The summed E-state index contributed by atoms with van der Waals surface area (Å²) in [4.78, 5) is 24.8. The van der Waals surface area contributed by atoms with Gasteiger partial charge in [-0.15, -0.1) is 0 Å². The molecule has 2 aromatic rings. The summed E-state index contributed by atoms with van der Waals surface area (Å²) >= 11 is 0. The van der Waals surface area contributed by atoms with E-state index in [0.717, 1.165) is 42.5 Å². The normalized spacial score (nSPS) is 16.0. The molecule has 6 nitrogen and oxygen atoms in total. The lowest BCUT2D eigenvalue weighted by atomic mass is 9.93. The van der Waals surface area contributed by atoms with E-state index < -0.39 is 7.60 Å². The second-order valence-electron chi connectivity index (χ2n) is 7.19. The van der Waals surface area contributed by atoms with Crippen LogP contribution in [0.1, 0.15) is 36.0 Å². The maximum Gasteiger partial charge on any atom is 0.325 e. The van der Waals surface area contributed by atoms with Gasteiger partial charge in [0.2, 0.25) is 0 Å². The number of rotatable bonds is 4. The molecule has 7 heteroatoms. The van der Waals surface area contributed by atoms with Gasteiger partial charge in [-0.3, -0.25) is 9.55 Å². The van der Waals surface area contributed by atoms with Crippen molar-refractivity contribution in [2.24, 2.45) is 5.92 Å². The van der Waals surface area contributed by atoms with Gasteiger partial charge in [-0.2, -0.15) is 5.26 Å². The molecular weight excluding hydrogens is 349 g/mol. The zero-order chi connectivity index (χ0) is 18.9. The van der Waals surface area contributed by atoms with Crippen LogP contribution in [0.15, 0.2) is 18.3 Å². The minimum atomic E-state index is -3.93. The van der Waals surface area contributed by atoms with Crippen molar-refractivity contribution in [3.63, 3.8) is 0 Å². The van der Waals surface area contributed by atoms with Crippen molar-refractivity contribution in [2.75, 3.05) is 24.2 Å². The number of nitrogens with zero attached hydrogens (tertiary/aromatic N) is 3. The van der Waals surface area contributed by atoms with Crippen LogP contribution < -0.4 is 4.90 Å². The van der Waals surface area contributed by atoms with Crippen molar-refractivity contribution < 1.29 is 14.4 Å². The van der Waals surface area contributed by atoms with Gasteiger partial charge in [0.05, 0.1) is 22.9 Å². The van der Waals surface area contributed by atoms with E-state index in [9.17, 15) is 9.83 Å². The third-order valence-corrected chi connectivity index (χ3v) is 6.18. The molecule has 1 fully saturated rings. The smallest absolute Gasteiger partial charge is 0.325 e. The predicted octanol–water partition coefficient (Wildman–Crippen LogP) is 3.51. The Morgan fingerprint density at radius 3 is 2.54 bits per heavy atom. The summed E-state index contributed by atoms with van der Waals surface area (Å²) in [6, 6.07) is 6.43. The van der Waals surface area contributed by atoms with Crippen LogP contribution in [0.3, 0.4) is 0 Å². The number of anilines is 1. The Morgan fingerprint density at radius 1 is 1.27 bits per heavy atom. The highest BCUT2D eigenvalue weighted by molar-refractivity contribution is 7.51. The second kappa shape index (κ2) is 7.36. The maximum absolute atomic E-state index is 11.1. The van der Waals surface area contributed by atoms with Crippen LogP contribution in [0, 0.1) is 31.1 Å². The summed E-state index contributed by atoms with van der Waals surface area (Å²) < 4.78 is 11.1. The van der Waals surface area contributed by atoms with Crippen molar-refractivity contribution in [2.45, 2.75) is 33.1 Å². The average molecular weight is 373 g/mol. The molecule has 1 aliphatic heterocycles. The molecule has 0 spiro atoms. The highest BCUT2D eigenvalue weighted by Gasteiger charge is 2.25. The molecule has 3 rings (SSSR count). The molecule has 138 valence electrons. The van der Waals surface area contributed by atoms with E-state index in [-0.39, 0.29) is 6.16 Å². The molecule has 2 N–H and O–H groups in total. The standard InChI is InChI=1S/C19H24N3O3P/c1-13-9-17-18(10-14(13)2)21-12-16(11-20)19(17)22-6-3-15(4-7-22)5-8-26(23,24)25/h9-10,12,15H,3-8H2,1-2H3,(H2,23,24,25). The summed E-state index contributed by atoms with van der Waals surface area (Å²) in [6.45, 7) is 5.69. The fourth-order valence-electron chi connectivity index (χ4n) is 3.66. The molecule has 26 heavy (non-hydrogen) atoms. The fourth-order valence-corrected chi connectivity index (χ4v) is 4.36. The Morgan fingerprint density at radius 2 is 1.92 bits per heavy atom. The monoisotopic (exact) mass is 373 g/mol. The topological polar surface area (TPSA) is 97.5 Å². The number of piperidine rings is 1. The molecular formula is C19H24N3O3P. The van der Waals surface area contributed by atoms with Gasteiger partial charge in [-0.05, 0) is 62.3 Å². The lowest BCUT2D eigenvalue weighted by Crippen LogP contribution is -2.34. The summed E-state index contributed by atoms with van der Waals surface area (Å²) in [5.41, 5.74) is 4.76. The number of nitriles is 1. The van der Waals surface area contributed by atoms with Crippen molar-refractivity contribution in [1.82, 2.24) is 4.98 Å². The lowest BCUT2D eigenvalue weighted by Gasteiger charge is -2.34. The predicted molar refractivity (Wildman–Crippen MR) is 102 cm³/mol. The van der Waals surface area contributed by atoms with Crippen LogP contribution in [-0.4, -0.2) is 34.0 Å². The minimum Gasteiger partial charge on any atom is -0.370 e. The minimum absolute atomic E-state index is 0.0439. The Labute approximate surface area is 153 Å². The van der Waals surface area contributed by atoms with Gasteiger partial charge in [0.25, 0.3) is 0 Å². The van der Waals surface area contributed by atoms with Crippen LogP contribution in [0.5, 0.6) is 0 Å². The largest absolute Gasteiger partial charge is 0.370 e. The van der Waals surface area contributed by atoms with Crippen molar-refractivity contribution in [3.05, 3.63) is 35.0 Å². The second-order valence-corrected chi connectivity index (χ2v) is 8.97. The highest BCUT2D eigenvalue weighted by Crippen LogP contribution is 2.39. The van der Waals surface area contributed by atoms with Gasteiger partial charge in [-0.1, -0.05) is 0 Å². The number of hydrogen-bond acceptors (Lipinski definition) is 4. The van der Waals surface area contributed by atoms with E-state index >= 15 is 0 Å². The number of aryl methyl sites for hydroxylation is 2. The van der Waals surface area contributed by atoms with Crippen molar-refractivity contribution in [3.8, 4) is 6.07 Å². The molecule has 1 aliphatic rings. The number of fused-ring (bicyclic) bond motifs is 1. The Hall–Kier alpha value is -1.93. The molecule has 1 aromatic heterocycles. The van der Waals surface area contributed by atoms with Gasteiger partial charge < -0.3 is 14.7 Å². The molecule has 0 amide bonds. The van der Waals surface area contributed by atoms with Crippen LogP contribution in [0.4, 0.5) is 5.69 Å². The molecule has 0 unspecified atom stereocenters. The lowest BCUT2D eigenvalue weighted by molar-refractivity contribution is 0.350. The first kappa shape index (κ1) is 18.8. The molecule has 0 radical (unpaired) electrons. The summed E-state index contributed by atoms with van der Waals surface area (Å²) in [7, 11) is -3.93. The Bertz CT molecular complexity index is 908. The average Bonchev–Trinajstić information content (AvgIpc) is 2.60. The van der Waals surface area contributed by atoms with E-state index in [1.807, 2.05) is 0 Å². The first-order valence-electron chi connectivity index (χ1n) is 8.88. The SMILES string of the molecule is Cc1cc2ncc(C#N)c(N3CCC(CCP(=O)(O)O)CC3)c2cc1C. The molecule has 1 aromatic carbocycles. The molecule has 1 saturated heterocycles. The zero-order valence-corrected chi connectivity index (χ0v) is 16.0. The zero-order valence-electron chi connectivity index (χ0n) is 15.1. The third-order valence-electron chi connectivity index (χ3n) is 5.33. The van der Waals surface area contributed by atoms with Crippen LogP contribution >= 0.6 is 7.60 Å². The maximum atomic E-state index is 11.1. The number of hydrogen-bond donors (Lipinski definition) is 2. The van der Waals surface area contributed by atoms with Gasteiger partial charge in [0.15, 0.2) is 0 Å². The highest BCUT2D eigenvalue weighted by atomic mass is 31.2. The Balaban J connectivity index is 1.86. The summed E-state index contributed by atoms with van der Waals surface area (Å²) in [6.07, 6.45) is 3.90. The van der Waals surface area contributed by atoms with E-state index in [1.165, 1.54) is 11.1 Å².